The number of aromatic nitrogens is 1. The molecule has 0 saturated carbocycles. The lowest BCUT2D eigenvalue weighted by atomic mass is 10.4. The van der Waals surface area contributed by atoms with Crippen molar-refractivity contribution in [3.05, 3.63) is 16.1 Å². The molecule has 0 bridgehead atoms. The molecule has 1 aromatic heterocycles. The van der Waals surface area contributed by atoms with E-state index in [-0.39, 0.29) is 11.4 Å². The summed E-state index contributed by atoms with van der Waals surface area (Å²) in [6.45, 7) is 0. The topological polar surface area (TPSA) is 79.8 Å². The molecule has 56 valence electrons. The Morgan fingerprint density at radius 3 is 3.09 bits per heavy atom. The third-order valence-electron chi connectivity index (χ3n) is 1.02. The summed E-state index contributed by atoms with van der Waals surface area (Å²) in [5, 5.41) is 10.2. The molecule has 5 heteroatoms. The van der Waals surface area contributed by atoms with Gasteiger partial charge in [0.25, 0.3) is 5.91 Å². The zero-order valence-electron chi connectivity index (χ0n) is 5.57. The summed E-state index contributed by atoms with van der Waals surface area (Å²) in [6, 6.07) is 1.93. The summed E-state index contributed by atoms with van der Waals surface area (Å²) in [4.78, 5) is 14.3. The molecule has 0 aromatic carbocycles. The number of nitriles is 1. The van der Waals surface area contributed by atoms with Gasteiger partial charge in [0.1, 0.15) is 0 Å². The van der Waals surface area contributed by atoms with Gasteiger partial charge in [-0.1, -0.05) is 0 Å². The lowest BCUT2D eigenvalue weighted by Gasteiger charge is -1.82. The van der Waals surface area contributed by atoms with E-state index in [1.165, 1.54) is 0 Å². The number of nitrogens with zero attached hydrogens (tertiary/aromatic N) is 2. The number of carbonyl (C=O) groups is 1. The lowest BCUT2D eigenvalue weighted by Crippen LogP contribution is -2.10. The summed E-state index contributed by atoms with van der Waals surface area (Å²) in [5.41, 5.74) is 5.55. The minimum absolute atomic E-state index is 0.226. The standard InChI is InChI=1S/C6H5N3OS/c7-2-1-4-3-11-6(9-4)5(8)10/h3H,1H2,(H2,8,10). The van der Waals surface area contributed by atoms with Crippen molar-refractivity contribution in [3.63, 3.8) is 0 Å². The van der Waals surface area contributed by atoms with E-state index in [1.54, 1.807) is 5.38 Å². The maximum absolute atomic E-state index is 10.5. The monoisotopic (exact) mass is 167 g/mol. The van der Waals surface area contributed by atoms with Crippen LogP contribution in [0.15, 0.2) is 5.38 Å². The van der Waals surface area contributed by atoms with Crippen molar-refractivity contribution < 1.29 is 4.79 Å². The van der Waals surface area contributed by atoms with E-state index >= 15 is 0 Å². The maximum atomic E-state index is 10.5. The van der Waals surface area contributed by atoms with Gasteiger partial charge >= 0.3 is 0 Å². The smallest absolute Gasteiger partial charge is 0.277 e. The van der Waals surface area contributed by atoms with E-state index < -0.39 is 5.91 Å². The van der Waals surface area contributed by atoms with Crippen LogP contribution in [0.2, 0.25) is 0 Å². The average molecular weight is 167 g/mol. The van der Waals surface area contributed by atoms with Crippen molar-refractivity contribution in [3.8, 4) is 6.07 Å². The predicted octanol–water partition coefficient (Wildman–Crippen LogP) is 0.308. The Kier molecular flexibility index (Phi) is 2.18. The first-order valence-electron chi connectivity index (χ1n) is 2.85. The molecule has 1 amide bonds. The van der Waals surface area contributed by atoms with Crippen LogP contribution < -0.4 is 5.73 Å². The SMILES string of the molecule is N#CCc1csc(C(N)=O)n1. The van der Waals surface area contributed by atoms with E-state index in [0.717, 1.165) is 11.3 Å². The van der Waals surface area contributed by atoms with E-state index in [2.05, 4.69) is 4.98 Å². The van der Waals surface area contributed by atoms with Gasteiger partial charge in [0.15, 0.2) is 5.01 Å². The first-order chi connectivity index (χ1) is 5.24. The molecule has 1 heterocycles. The molecular weight excluding hydrogens is 162 g/mol. The zero-order chi connectivity index (χ0) is 8.27. The highest BCUT2D eigenvalue weighted by molar-refractivity contribution is 7.11. The molecule has 0 unspecified atom stereocenters. The van der Waals surface area contributed by atoms with Gasteiger partial charge in [-0.3, -0.25) is 4.79 Å². The van der Waals surface area contributed by atoms with Crippen LogP contribution in [0.25, 0.3) is 0 Å². The first-order valence-corrected chi connectivity index (χ1v) is 3.73. The van der Waals surface area contributed by atoms with Gasteiger partial charge in [-0.25, -0.2) is 4.98 Å². The van der Waals surface area contributed by atoms with Crippen LogP contribution in [-0.4, -0.2) is 10.9 Å². The third kappa shape index (κ3) is 1.75. The molecule has 2 N–H and O–H groups in total. The van der Waals surface area contributed by atoms with Gasteiger partial charge < -0.3 is 5.73 Å². The first kappa shape index (κ1) is 7.69. The van der Waals surface area contributed by atoms with Crippen molar-refractivity contribution in [1.29, 1.82) is 5.26 Å². The fraction of sp³-hybridized carbons (Fsp3) is 0.167. The molecule has 0 saturated heterocycles. The van der Waals surface area contributed by atoms with E-state index in [4.69, 9.17) is 11.0 Å². The van der Waals surface area contributed by atoms with Crippen molar-refractivity contribution in [2.75, 3.05) is 0 Å². The van der Waals surface area contributed by atoms with Crippen molar-refractivity contribution in [2.24, 2.45) is 5.73 Å². The Bertz CT molecular complexity index is 312. The Morgan fingerprint density at radius 1 is 1.91 bits per heavy atom. The third-order valence-corrected chi connectivity index (χ3v) is 1.93. The summed E-state index contributed by atoms with van der Waals surface area (Å²) < 4.78 is 0. The molecule has 0 aliphatic heterocycles. The van der Waals surface area contributed by atoms with Crippen LogP contribution in [0.5, 0.6) is 0 Å². The largest absolute Gasteiger partial charge is 0.364 e. The second kappa shape index (κ2) is 3.12. The molecule has 11 heavy (non-hydrogen) atoms. The Hall–Kier alpha value is -1.41. The highest BCUT2D eigenvalue weighted by atomic mass is 32.1. The summed E-state index contributed by atoms with van der Waals surface area (Å²) in [6.07, 6.45) is 0.226. The summed E-state index contributed by atoms with van der Waals surface area (Å²) in [5.74, 6) is -0.542. The van der Waals surface area contributed by atoms with Crippen LogP contribution in [0.1, 0.15) is 15.5 Å². The van der Waals surface area contributed by atoms with Gasteiger partial charge in [0, 0.05) is 5.38 Å². The second-order valence-electron chi connectivity index (χ2n) is 1.84. The van der Waals surface area contributed by atoms with E-state index in [0.29, 0.717) is 5.69 Å². The van der Waals surface area contributed by atoms with Gasteiger partial charge in [0.05, 0.1) is 18.2 Å². The summed E-state index contributed by atoms with van der Waals surface area (Å²) in [7, 11) is 0. The quantitative estimate of drug-likeness (QED) is 0.688. The number of primary amides is 1. The van der Waals surface area contributed by atoms with Crippen LogP contribution in [0.3, 0.4) is 0 Å². The van der Waals surface area contributed by atoms with Crippen molar-refractivity contribution >= 4 is 17.2 Å². The lowest BCUT2D eigenvalue weighted by molar-refractivity contribution is 0.1000. The number of nitrogens with two attached hydrogens (primary N) is 1. The molecular formula is C6H5N3OS. The van der Waals surface area contributed by atoms with Gasteiger partial charge in [0.2, 0.25) is 0 Å². The molecule has 0 aliphatic carbocycles. The molecule has 0 radical (unpaired) electrons. The van der Waals surface area contributed by atoms with Gasteiger partial charge in [-0.2, -0.15) is 5.26 Å². The fourth-order valence-electron chi connectivity index (χ4n) is 0.582. The molecule has 0 aliphatic rings. The van der Waals surface area contributed by atoms with Crippen molar-refractivity contribution in [1.82, 2.24) is 4.98 Å². The minimum Gasteiger partial charge on any atom is -0.364 e. The van der Waals surface area contributed by atoms with Gasteiger partial charge in [-0.15, -0.1) is 11.3 Å². The average Bonchev–Trinajstić information content (AvgIpc) is 2.37. The van der Waals surface area contributed by atoms with Crippen LogP contribution in [0, 0.1) is 11.3 Å². The number of hydrogen-bond acceptors (Lipinski definition) is 4. The molecule has 0 fully saturated rings. The van der Waals surface area contributed by atoms with Crippen LogP contribution in [0.4, 0.5) is 0 Å². The maximum Gasteiger partial charge on any atom is 0.277 e. The normalized spacial score (nSPS) is 9.00. The van der Waals surface area contributed by atoms with E-state index in [9.17, 15) is 4.79 Å². The molecule has 0 atom stereocenters. The molecule has 1 aromatic rings. The molecule has 4 nitrogen and oxygen atoms in total. The minimum atomic E-state index is -0.542. The highest BCUT2D eigenvalue weighted by Gasteiger charge is 2.05. The zero-order valence-corrected chi connectivity index (χ0v) is 6.39. The Labute approximate surface area is 67.3 Å². The highest BCUT2D eigenvalue weighted by Crippen LogP contribution is 2.08. The Balaban J connectivity index is 2.83. The number of carbonyl (C=O) groups excluding carboxylic acids is 1. The van der Waals surface area contributed by atoms with Crippen LogP contribution >= 0.6 is 11.3 Å². The number of thiazole rings is 1. The fourth-order valence-corrected chi connectivity index (χ4v) is 1.25. The van der Waals surface area contributed by atoms with E-state index in [1.807, 2.05) is 6.07 Å². The number of rotatable bonds is 2. The summed E-state index contributed by atoms with van der Waals surface area (Å²) >= 11 is 1.16. The number of hydrogen-bond donors (Lipinski definition) is 1. The molecule has 0 spiro atoms. The van der Waals surface area contributed by atoms with Crippen molar-refractivity contribution in [2.45, 2.75) is 6.42 Å². The molecule has 1 rings (SSSR count). The second-order valence-corrected chi connectivity index (χ2v) is 2.70. The Morgan fingerprint density at radius 2 is 2.64 bits per heavy atom. The van der Waals surface area contributed by atoms with Crippen LogP contribution in [-0.2, 0) is 6.42 Å². The number of amides is 1. The predicted molar refractivity (Wildman–Crippen MR) is 39.9 cm³/mol. The van der Waals surface area contributed by atoms with Gasteiger partial charge in [-0.05, 0) is 0 Å².